The average molecular weight is 342 g/mol. The third-order valence-electron chi connectivity index (χ3n) is 3.31. The average Bonchev–Trinajstić information content (AvgIpc) is 3.37. The molecular formula is C14H30O9. The molecule has 4 unspecified atom stereocenters. The van der Waals surface area contributed by atoms with Crippen LogP contribution < -0.4 is 0 Å². The van der Waals surface area contributed by atoms with E-state index in [0.29, 0.717) is 26.4 Å². The van der Waals surface area contributed by atoms with Crippen molar-refractivity contribution in [1.82, 2.24) is 0 Å². The Morgan fingerprint density at radius 3 is 1.17 bits per heavy atom. The van der Waals surface area contributed by atoms with Crippen molar-refractivity contribution in [1.29, 1.82) is 0 Å². The number of methoxy groups -OCH3 is 4. The zero-order valence-electron chi connectivity index (χ0n) is 14.7. The molecule has 0 aliphatic carbocycles. The molecule has 0 saturated carbocycles. The molecule has 0 bridgehead atoms. The molecule has 0 amide bonds. The van der Waals surface area contributed by atoms with E-state index < -0.39 is 11.9 Å². The fourth-order valence-corrected chi connectivity index (χ4v) is 1.81. The second-order valence-electron chi connectivity index (χ2n) is 4.82. The molecule has 2 rings (SSSR count). The van der Waals surface area contributed by atoms with E-state index in [9.17, 15) is 0 Å². The summed E-state index contributed by atoms with van der Waals surface area (Å²) in [6, 6.07) is 0. The molecule has 0 aromatic carbocycles. The van der Waals surface area contributed by atoms with Crippen molar-refractivity contribution in [3.8, 4) is 0 Å². The molecule has 9 nitrogen and oxygen atoms in total. The van der Waals surface area contributed by atoms with Gasteiger partial charge in [0.05, 0.1) is 26.4 Å². The molecule has 2 aliphatic rings. The first-order valence-corrected chi connectivity index (χ1v) is 7.22. The summed E-state index contributed by atoms with van der Waals surface area (Å²) in [5.74, 6) is -1.56. The molecule has 2 aliphatic heterocycles. The van der Waals surface area contributed by atoms with E-state index in [-0.39, 0.29) is 17.7 Å². The zero-order valence-corrected chi connectivity index (χ0v) is 14.7. The van der Waals surface area contributed by atoms with E-state index in [4.69, 9.17) is 37.9 Å². The highest BCUT2D eigenvalue weighted by Crippen LogP contribution is 2.38. The fraction of sp³-hybridized carbons (Fsp3) is 1.00. The number of ether oxygens (including phenoxy) is 8. The van der Waals surface area contributed by atoms with Crippen molar-refractivity contribution < 1.29 is 43.4 Å². The summed E-state index contributed by atoms with van der Waals surface area (Å²) in [6.07, 6.45) is 0.0636. The zero-order chi connectivity index (χ0) is 16.6. The van der Waals surface area contributed by atoms with E-state index in [0.717, 1.165) is 0 Å². The minimum Gasteiger partial charge on any atom is -0.412 e. The lowest BCUT2D eigenvalue weighted by Gasteiger charge is -2.10. The van der Waals surface area contributed by atoms with Gasteiger partial charge in [-0.05, 0) is 13.8 Å². The van der Waals surface area contributed by atoms with Gasteiger partial charge in [-0.15, -0.1) is 0 Å². The SMILES string of the molecule is COCCOC1(OC)OC1C.COCCOC1(OC)OC1C.O. The Hall–Kier alpha value is -0.360. The molecule has 0 aromatic heterocycles. The van der Waals surface area contributed by atoms with Crippen LogP contribution in [-0.2, 0) is 37.9 Å². The number of epoxide rings is 2. The van der Waals surface area contributed by atoms with E-state index in [1.54, 1.807) is 28.4 Å². The first-order valence-electron chi connectivity index (χ1n) is 7.22. The molecule has 4 atom stereocenters. The van der Waals surface area contributed by atoms with Crippen LogP contribution in [0, 0.1) is 0 Å². The second kappa shape index (κ2) is 10.5. The Bertz CT molecular complexity index is 279. The molecular weight excluding hydrogens is 312 g/mol. The maximum Gasteiger partial charge on any atom is 0.311 e. The van der Waals surface area contributed by atoms with E-state index >= 15 is 0 Å². The Morgan fingerprint density at radius 1 is 0.696 bits per heavy atom. The first-order chi connectivity index (χ1) is 10.5. The topological polar surface area (TPSA) is 112 Å². The van der Waals surface area contributed by atoms with Crippen LogP contribution >= 0.6 is 0 Å². The molecule has 9 heteroatoms. The van der Waals surface area contributed by atoms with Gasteiger partial charge in [0.25, 0.3) is 0 Å². The van der Waals surface area contributed by atoms with Gasteiger partial charge in [0, 0.05) is 28.4 Å². The van der Waals surface area contributed by atoms with Crippen molar-refractivity contribution >= 4 is 0 Å². The summed E-state index contributed by atoms with van der Waals surface area (Å²) < 4.78 is 40.4. The van der Waals surface area contributed by atoms with Crippen LogP contribution in [0.5, 0.6) is 0 Å². The number of hydrogen-bond donors (Lipinski definition) is 0. The maximum absolute atomic E-state index is 5.27. The molecule has 2 saturated heterocycles. The van der Waals surface area contributed by atoms with Gasteiger partial charge in [0.15, 0.2) is 0 Å². The Balaban J connectivity index is 0.000000403. The molecule has 0 spiro atoms. The van der Waals surface area contributed by atoms with Gasteiger partial charge in [-0.1, -0.05) is 0 Å². The minimum atomic E-state index is -0.779. The lowest BCUT2D eigenvalue weighted by atomic mass is 10.5. The quantitative estimate of drug-likeness (QED) is 0.308. The molecule has 2 N–H and O–H groups in total. The standard InChI is InChI=1S/2C7H14O4.H2O/c2*1-6-7(9-3,11-6)10-5-4-8-2;/h2*6H,4-5H2,1-3H3;1H2. The van der Waals surface area contributed by atoms with Gasteiger partial charge in [-0.3, -0.25) is 0 Å². The van der Waals surface area contributed by atoms with Crippen LogP contribution in [0.25, 0.3) is 0 Å². The van der Waals surface area contributed by atoms with E-state index in [1.807, 2.05) is 13.8 Å². The van der Waals surface area contributed by atoms with Crippen LogP contribution in [0.3, 0.4) is 0 Å². The van der Waals surface area contributed by atoms with E-state index in [1.165, 1.54) is 0 Å². The highest BCUT2D eigenvalue weighted by atomic mass is 17.0. The molecule has 0 radical (unpaired) electrons. The minimum absolute atomic E-state index is 0. The molecule has 2 heterocycles. The highest BCUT2D eigenvalue weighted by Gasteiger charge is 2.57. The summed E-state index contributed by atoms with van der Waals surface area (Å²) in [5, 5.41) is 0. The van der Waals surface area contributed by atoms with Crippen LogP contribution in [0.15, 0.2) is 0 Å². The summed E-state index contributed by atoms with van der Waals surface area (Å²) in [6.45, 7) is 5.90. The Labute approximate surface area is 137 Å². The van der Waals surface area contributed by atoms with Crippen LogP contribution in [0.2, 0.25) is 0 Å². The maximum atomic E-state index is 5.27. The Kier molecular flexibility index (Phi) is 10.3. The fourth-order valence-electron chi connectivity index (χ4n) is 1.81. The Morgan fingerprint density at radius 2 is 1.00 bits per heavy atom. The van der Waals surface area contributed by atoms with Crippen molar-refractivity contribution in [2.45, 2.75) is 38.0 Å². The monoisotopic (exact) mass is 342 g/mol. The second-order valence-corrected chi connectivity index (χ2v) is 4.82. The third-order valence-corrected chi connectivity index (χ3v) is 3.31. The molecule has 0 aromatic rings. The normalized spacial score (nSPS) is 34.2. The molecule has 140 valence electrons. The van der Waals surface area contributed by atoms with Gasteiger partial charge in [0.1, 0.15) is 12.2 Å². The van der Waals surface area contributed by atoms with Crippen LogP contribution in [0.4, 0.5) is 0 Å². The largest absolute Gasteiger partial charge is 0.412 e. The first kappa shape index (κ1) is 22.6. The summed E-state index contributed by atoms with van der Waals surface area (Å²) in [5.41, 5.74) is 0. The van der Waals surface area contributed by atoms with Gasteiger partial charge in [-0.25, -0.2) is 0 Å². The predicted molar refractivity (Wildman–Crippen MR) is 79.8 cm³/mol. The lowest BCUT2D eigenvalue weighted by molar-refractivity contribution is -0.217. The summed E-state index contributed by atoms with van der Waals surface area (Å²) in [4.78, 5) is 0. The van der Waals surface area contributed by atoms with Crippen LogP contribution in [0.1, 0.15) is 13.8 Å². The van der Waals surface area contributed by atoms with E-state index in [2.05, 4.69) is 0 Å². The summed E-state index contributed by atoms with van der Waals surface area (Å²) >= 11 is 0. The van der Waals surface area contributed by atoms with Gasteiger partial charge in [0.2, 0.25) is 0 Å². The number of hydrogen-bond acceptors (Lipinski definition) is 8. The van der Waals surface area contributed by atoms with Crippen molar-refractivity contribution in [3.63, 3.8) is 0 Å². The third kappa shape index (κ3) is 6.57. The van der Waals surface area contributed by atoms with Crippen molar-refractivity contribution in [2.75, 3.05) is 54.9 Å². The van der Waals surface area contributed by atoms with Crippen molar-refractivity contribution in [3.05, 3.63) is 0 Å². The smallest absolute Gasteiger partial charge is 0.311 e. The van der Waals surface area contributed by atoms with Crippen molar-refractivity contribution in [2.24, 2.45) is 0 Å². The van der Waals surface area contributed by atoms with Gasteiger partial charge >= 0.3 is 11.9 Å². The van der Waals surface area contributed by atoms with Gasteiger partial charge in [-0.2, -0.15) is 0 Å². The highest BCUT2D eigenvalue weighted by molar-refractivity contribution is 4.82. The lowest BCUT2D eigenvalue weighted by Crippen LogP contribution is -2.23. The summed E-state index contributed by atoms with van der Waals surface area (Å²) in [7, 11) is 6.38. The van der Waals surface area contributed by atoms with Crippen LogP contribution in [-0.4, -0.2) is 84.5 Å². The molecule has 23 heavy (non-hydrogen) atoms. The van der Waals surface area contributed by atoms with Gasteiger partial charge < -0.3 is 43.4 Å². The number of rotatable bonds is 10. The predicted octanol–water partition coefficient (Wildman–Crippen LogP) is -0.0881. The molecule has 2 fully saturated rings.